The number of aromatic nitrogens is 5. The molecule has 0 aliphatic heterocycles. The van der Waals surface area contributed by atoms with Crippen molar-refractivity contribution in [2.45, 2.75) is 13.1 Å². The van der Waals surface area contributed by atoms with Crippen molar-refractivity contribution in [2.75, 3.05) is 5.32 Å². The average Bonchev–Trinajstić information content (AvgIpc) is 3.25. The van der Waals surface area contributed by atoms with Gasteiger partial charge >= 0.3 is 6.18 Å². The van der Waals surface area contributed by atoms with Crippen molar-refractivity contribution in [3.63, 3.8) is 0 Å². The summed E-state index contributed by atoms with van der Waals surface area (Å²) in [6.45, 7) is 1.30. The summed E-state index contributed by atoms with van der Waals surface area (Å²) in [5, 5.41) is 6.57. The first-order valence-corrected chi connectivity index (χ1v) is 9.08. The van der Waals surface area contributed by atoms with E-state index in [1.54, 1.807) is 30.3 Å². The van der Waals surface area contributed by atoms with E-state index in [-0.39, 0.29) is 22.6 Å². The van der Waals surface area contributed by atoms with Crippen LogP contribution in [-0.2, 0) is 6.18 Å². The minimum atomic E-state index is -4.70. The molecule has 1 N–H and O–H groups in total. The smallest absolute Gasteiger partial charge is 0.305 e. The lowest BCUT2D eigenvalue weighted by atomic mass is 10.1. The van der Waals surface area contributed by atoms with E-state index in [0.717, 1.165) is 10.9 Å². The van der Waals surface area contributed by atoms with Crippen LogP contribution in [0.5, 0.6) is 0 Å². The van der Waals surface area contributed by atoms with Gasteiger partial charge in [0.2, 0.25) is 0 Å². The highest BCUT2D eigenvalue weighted by Crippen LogP contribution is 2.39. The van der Waals surface area contributed by atoms with E-state index < -0.39 is 17.6 Å². The number of aryl methyl sites for hydroxylation is 1. The standard InChI is InChI=1S/C21H15F3N6O/c1-13-7-27-19(29-20(31)14-5-3-2-4-6-14)18(17(13)21(22,23)24)30-11-16(10-28-30)15-8-25-12-26-9-15/h2-12H,1H3,(H,27,29,31). The normalized spacial score (nSPS) is 11.4. The van der Waals surface area contributed by atoms with Crippen LogP contribution < -0.4 is 5.32 Å². The van der Waals surface area contributed by atoms with Gasteiger partial charge in [0.15, 0.2) is 5.82 Å². The van der Waals surface area contributed by atoms with Crippen LogP contribution in [0, 0.1) is 6.92 Å². The number of rotatable bonds is 4. The number of carbonyl (C=O) groups excluding carboxylic acids is 1. The molecular weight excluding hydrogens is 409 g/mol. The van der Waals surface area contributed by atoms with Gasteiger partial charge in [-0.3, -0.25) is 4.79 Å². The molecule has 0 radical (unpaired) electrons. The lowest BCUT2D eigenvalue weighted by molar-refractivity contribution is -0.138. The van der Waals surface area contributed by atoms with E-state index in [0.29, 0.717) is 11.1 Å². The van der Waals surface area contributed by atoms with Gasteiger partial charge in [0.25, 0.3) is 5.91 Å². The van der Waals surface area contributed by atoms with E-state index in [1.807, 2.05) is 0 Å². The van der Waals surface area contributed by atoms with Crippen molar-refractivity contribution in [1.82, 2.24) is 24.7 Å². The number of nitrogens with one attached hydrogen (secondary N) is 1. The summed E-state index contributed by atoms with van der Waals surface area (Å²) in [6, 6.07) is 8.14. The van der Waals surface area contributed by atoms with Gasteiger partial charge in [0, 0.05) is 41.5 Å². The molecule has 31 heavy (non-hydrogen) atoms. The van der Waals surface area contributed by atoms with Gasteiger partial charge in [-0.05, 0) is 24.6 Å². The third-order valence-corrected chi connectivity index (χ3v) is 4.50. The van der Waals surface area contributed by atoms with Crippen molar-refractivity contribution in [1.29, 1.82) is 0 Å². The monoisotopic (exact) mass is 424 g/mol. The second-order valence-corrected chi connectivity index (χ2v) is 6.63. The average molecular weight is 424 g/mol. The van der Waals surface area contributed by atoms with Gasteiger partial charge in [0.1, 0.15) is 12.0 Å². The Kier molecular flexibility index (Phi) is 5.20. The number of anilines is 1. The summed E-state index contributed by atoms with van der Waals surface area (Å²) >= 11 is 0. The number of hydrogen-bond acceptors (Lipinski definition) is 5. The van der Waals surface area contributed by atoms with Crippen LogP contribution in [-0.4, -0.2) is 30.6 Å². The van der Waals surface area contributed by atoms with E-state index in [2.05, 4.69) is 25.4 Å². The van der Waals surface area contributed by atoms with Crippen LogP contribution in [0.1, 0.15) is 21.5 Å². The molecule has 4 aromatic rings. The molecule has 7 nitrogen and oxygen atoms in total. The second kappa shape index (κ2) is 7.98. The third-order valence-electron chi connectivity index (χ3n) is 4.50. The summed E-state index contributed by atoms with van der Waals surface area (Å²) in [4.78, 5) is 24.5. The molecule has 4 rings (SSSR count). The van der Waals surface area contributed by atoms with Crippen molar-refractivity contribution < 1.29 is 18.0 Å². The minimum absolute atomic E-state index is 0.0969. The van der Waals surface area contributed by atoms with E-state index in [9.17, 15) is 18.0 Å². The number of alkyl halides is 3. The molecule has 3 aromatic heterocycles. The van der Waals surface area contributed by atoms with Crippen LogP contribution in [0.2, 0.25) is 0 Å². The zero-order valence-electron chi connectivity index (χ0n) is 16.1. The van der Waals surface area contributed by atoms with Crippen molar-refractivity contribution in [3.05, 3.63) is 84.3 Å². The van der Waals surface area contributed by atoms with Gasteiger partial charge in [-0.15, -0.1) is 0 Å². The molecule has 3 heterocycles. The molecule has 0 fully saturated rings. The maximum absolute atomic E-state index is 14.0. The number of carbonyl (C=O) groups is 1. The molecule has 1 amide bonds. The zero-order chi connectivity index (χ0) is 22.0. The van der Waals surface area contributed by atoms with Crippen LogP contribution >= 0.6 is 0 Å². The zero-order valence-corrected chi connectivity index (χ0v) is 16.1. The highest BCUT2D eigenvalue weighted by molar-refractivity contribution is 6.04. The Balaban J connectivity index is 1.84. The number of hydrogen-bond donors (Lipinski definition) is 1. The summed E-state index contributed by atoms with van der Waals surface area (Å²) < 4.78 is 42.9. The predicted molar refractivity (Wildman–Crippen MR) is 107 cm³/mol. The summed E-state index contributed by atoms with van der Waals surface area (Å²) in [6.07, 6.45) is 3.56. The number of amides is 1. The summed E-state index contributed by atoms with van der Waals surface area (Å²) in [7, 11) is 0. The lowest BCUT2D eigenvalue weighted by Crippen LogP contribution is -2.20. The Labute approximate surface area is 174 Å². The molecule has 1 aromatic carbocycles. The molecule has 0 saturated heterocycles. The molecule has 0 aliphatic carbocycles. The van der Waals surface area contributed by atoms with Crippen LogP contribution in [0.25, 0.3) is 16.8 Å². The van der Waals surface area contributed by atoms with Gasteiger partial charge in [-0.2, -0.15) is 18.3 Å². The Morgan fingerprint density at radius 2 is 1.71 bits per heavy atom. The molecular formula is C21H15F3N6O. The topological polar surface area (TPSA) is 85.6 Å². The maximum atomic E-state index is 14.0. The summed E-state index contributed by atoms with van der Waals surface area (Å²) in [5.74, 6) is -0.846. The summed E-state index contributed by atoms with van der Waals surface area (Å²) in [5.41, 5.74) is -0.0367. The molecule has 10 heteroatoms. The highest BCUT2D eigenvalue weighted by atomic mass is 19.4. The van der Waals surface area contributed by atoms with Crippen LogP contribution in [0.4, 0.5) is 19.0 Å². The Hall–Kier alpha value is -4.08. The molecule has 0 atom stereocenters. The maximum Gasteiger partial charge on any atom is 0.418 e. The molecule has 0 saturated carbocycles. The minimum Gasteiger partial charge on any atom is -0.305 e. The largest absolute Gasteiger partial charge is 0.418 e. The SMILES string of the molecule is Cc1cnc(NC(=O)c2ccccc2)c(-n2cc(-c3cncnc3)cn2)c1C(F)(F)F. The fraction of sp³-hybridized carbons (Fsp3) is 0.0952. The second-order valence-electron chi connectivity index (χ2n) is 6.63. The fourth-order valence-corrected chi connectivity index (χ4v) is 3.08. The van der Waals surface area contributed by atoms with E-state index in [1.165, 1.54) is 38.0 Å². The van der Waals surface area contributed by atoms with Crippen molar-refractivity contribution in [3.8, 4) is 16.8 Å². The molecule has 0 bridgehead atoms. The molecule has 0 aliphatic rings. The first-order valence-electron chi connectivity index (χ1n) is 9.08. The Morgan fingerprint density at radius 1 is 1.00 bits per heavy atom. The van der Waals surface area contributed by atoms with Gasteiger partial charge < -0.3 is 5.32 Å². The first kappa shape index (κ1) is 20.2. The molecule has 156 valence electrons. The Bertz CT molecular complexity index is 1220. The van der Waals surface area contributed by atoms with Crippen molar-refractivity contribution >= 4 is 11.7 Å². The molecule has 0 spiro atoms. The predicted octanol–water partition coefficient (Wildman–Crippen LogP) is 4.30. The molecule has 0 unspecified atom stereocenters. The Morgan fingerprint density at radius 3 is 2.39 bits per heavy atom. The number of benzene rings is 1. The third kappa shape index (κ3) is 4.13. The quantitative estimate of drug-likeness (QED) is 0.528. The van der Waals surface area contributed by atoms with Crippen LogP contribution in [0.15, 0.2) is 67.6 Å². The van der Waals surface area contributed by atoms with E-state index in [4.69, 9.17) is 0 Å². The number of halogens is 3. The first-order chi connectivity index (χ1) is 14.8. The van der Waals surface area contributed by atoms with Crippen LogP contribution in [0.3, 0.4) is 0 Å². The van der Waals surface area contributed by atoms with Gasteiger partial charge in [0.05, 0.1) is 11.8 Å². The van der Waals surface area contributed by atoms with Gasteiger partial charge in [-0.25, -0.2) is 19.6 Å². The van der Waals surface area contributed by atoms with Crippen molar-refractivity contribution in [2.24, 2.45) is 0 Å². The number of nitrogens with zero attached hydrogens (tertiary/aromatic N) is 5. The van der Waals surface area contributed by atoms with Gasteiger partial charge in [-0.1, -0.05) is 18.2 Å². The highest BCUT2D eigenvalue weighted by Gasteiger charge is 2.38. The fourth-order valence-electron chi connectivity index (χ4n) is 3.08. The number of pyridine rings is 1. The lowest BCUT2D eigenvalue weighted by Gasteiger charge is -2.18. The van der Waals surface area contributed by atoms with E-state index >= 15 is 0 Å².